The first-order valence-corrected chi connectivity index (χ1v) is 25.8. The third-order valence-corrected chi connectivity index (χ3v) is 13.2. The molecule has 15 nitrogen and oxygen atoms in total. The van der Waals surface area contributed by atoms with E-state index < -0.39 is 79.4 Å². The van der Waals surface area contributed by atoms with Crippen molar-refractivity contribution in [2.24, 2.45) is 11.3 Å². The maximum Gasteiger partial charge on any atom is 0.417 e. The summed E-state index contributed by atoms with van der Waals surface area (Å²) in [6, 6.07) is 15.2. The molecule has 0 unspecified atom stereocenters. The minimum atomic E-state index is -1.85. The highest BCUT2D eigenvalue weighted by Crippen LogP contribution is 2.42. The Labute approximate surface area is 446 Å². The van der Waals surface area contributed by atoms with Crippen LogP contribution in [0.25, 0.3) is 22.3 Å². The molecule has 411 valence electrons. The lowest BCUT2D eigenvalue weighted by Gasteiger charge is -2.33. The summed E-state index contributed by atoms with van der Waals surface area (Å²) in [5.74, 6) is -5.75. The van der Waals surface area contributed by atoms with Gasteiger partial charge in [-0.3, -0.25) is 0 Å². The fraction of sp³-hybridized carbons (Fsp3) is 0.467. The average molecular weight is 1050 g/mol. The molecule has 0 bridgehead atoms. The van der Waals surface area contributed by atoms with Crippen molar-refractivity contribution < 1.29 is 75.8 Å². The third-order valence-electron chi connectivity index (χ3n) is 13.2. The second kappa shape index (κ2) is 30.5. The largest absolute Gasteiger partial charge is 0.492 e. The molecule has 0 spiro atoms. The number of hydrogen-bond donors (Lipinski definition) is 0. The lowest BCUT2D eigenvalue weighted by molar-refractivity contribution is -0.177. The minimum absolute atomic E-state index is 0.0155. The molecule has 0 aromatic heterocycles. The van der Waals surface area contributed by atoms with Crippen LogP contribution in [-0.2, 0) is 86.0 Å². The zero-order chi connectivity index (χ0) is 56.0. The van der Waals surface area contributed by atoms with Crippen LogP contribution in [-0.4, -0.2) is 95.6 Å². The summed E-state index contributed by atoms with van der Waals surface area (Å²) in [6.07, 6.45) is 10.8. The predicted molar refractivity (Wildman–Crippen MR) is 283 cm³/mol. The van der Waals surface area contributed by atoms with Gasteiger partial charge in [0.05, 0.1) is 27.4 Å². The van der Waals surface area contributed by atoms with Crippen LogP contribution < -0.4 is 4.74 Å². The Hall–Kier alpha value is -7.10. The first-order valence-electron chi connectivity index (χ1n) is 25.8. The highest BCUT2D eigenvalue weighted by molar-refractivity contribution is 6.30. The van der Waals surface area contributed by atoms with E-state index in [2.05, 4.69) is 48.3 Å². The molecule has 0 aliphatic heterocycles. The Bertz CT molecular complexity index is 2540. The molecule has 16 heteroatoms. The van der Waals surface area contributed by atoms with Crippen LogP contribution >= 0.6 is 0 Å². The number of carbonyl (C=O) groups excluding carboxylic acids is 7. The van der Waals surface area contributed by atoms with Gasteiger partial charge in [-0.25, -0.2) is 38.0 Å². The molecule has 1 saturated carbocycles. The molecule has 1 aliphatic carbocycles. The highest BCUT2D eigenvalue weighted by Gasteiger charge is 2.40. The Morgan fingerprint density at radius 3 is 1.57 bits per heavy atom. The second-order valence-electron chi connectivity index (χ2n) is 19.4. The van der Waals surface area contributed by atoms with Crippen molar-refractivity contribution in [3.8, 4) is 28.0 Å². The van der Waals surface area contributed by atoms with Gasteiger partial charge in [-0.2, -0.15) is 0 Å². The Morgan fingerprint density at radius 2 is 1.07 bits per heavy atom. The van der Waals surface area contributed by atoms with Crippen molar-refractivity contribution in [3.63, 3.8) is 0 Å². The molecular formula is C60H74FO15. The standard InChI is InChI=1S/C60H74FO15/c1-11-13-14-17-41-20-22-42(23-21-41)43-24-26-44(27-25-43)45-28-29-48(51(61)33-45)50-32-46(18-15-30-71-53(62)38(3)4)52(49(47(50)12-2)19-16-31-72-54(63)39(5)6)73-34-60(35-74-55(64)40(7)8,36-75-58(67)56(65)69-9)37-76-59(68)57(66)70-10/h24-29,32-33,41H,3,5,7,11-23,30-31,34-37H2,1-2,4,6,8-10H3. The van der Waals surface area contributed by atoms with E-state index in [4.69, 9.17) is 28.4 Å². The molecule has 0 saturated heterocycles. The number of methoxy groups -OCH3 is 2. The van der Waals surface area contributed by atoms with Gasteiger partial charge in [0.15, 0.2) is 0 Å². The summed E-state index contributed by atoms with van der Waals surface area (Å²) >= 11 is 0. The van der Waals surface area contributed by atoms with Crippen LogP contribution in [0.1, 0.15) is 121 Å². The smallest absolute Gasteiger partial charge is 0.417 e. The number of aryl methyl sites for hydroxylation is 1. The fourth-order valence-corrected chi connectivity index (χ4v) is 8.82. The SMILES string of the molecule is C=C(C)C(=O)OCCCc1cc(-c2ccc(-c3ccc([C]4CCC(CCCCC)CC4)cc3)cc2F)c(CC)c(CCCOC(=O)C(=C)C)c1OCC(COC(=O)C(=C)C)(COC(=O)C(=O)OC)COC(=O)C(=O)OC. The van der Waals surface area contributed by atoms with E-state index in [1.807, 2.05) is 25.1 Å². The second-order valence-corrected chi connectivity index (χ2v) is 19.4. The average Bonchev–Trinajstić information content (AvgIpc) is 3.42. The summed E-state index contributed by atoms with van der Waals surface area (Å²) in [5, 5.41) is 0. The lowest BCUT2D eigenvalue weighted by atomic mass is 9.77. The summed E-state index contributed by atoms with van der Waals surface area (Å²) in [4.78, 5) is 87.8. The summed E-state index contributed by atoms with van der Waals surface area (Å²) in [5.41, 5.74) is 3.78. The molecule has 1 aliphatic rings. The van der Waals surface area contributed by atoms with Crippen LogP contribution in [0, 0.1) is 23.1 Å². The van der Waals surface area contributed by atoms with Crippen molar-refractivity contribution in [3.05, 3.63) is 119 Å². The Kier molecular flexibility index (Phi) is 24.6. The molecule has 1 radical (unpaired) electrons. The summed E-state index contributed by atoms with van der Waals surface area (Å²) < 4.78 is 59.9. The number of esters is 7. The maximum absolute atomic E-state index is 17.0. The molecule has 3 aromatic rings. The topological polar surface area (TPSA) is 193 Å². The molecule has 76 heavy (non-hydrogen) atoms. The van der Waals surface area contributed by atoms with Gasteiger partial charge in [0, 0.05) is 28.2 Å². The quantitative estimate of drug-likeness (QED) is 0.0219. The van der Waals surface area contributed by atoms with Crippen molar-refractivity contribution >= 4 is 41.8 Å². The molecule has 3 aromatic carbocycles. The number of halogens is 1. The van der Waals surface area contributed by atoms with Gasteiger partial charge in [0.2, 0.25) is 0 Å². The normalized spacial score (nSPS) is 12.7. The van der Waals surface area contributed by atoms with E-state index in [0.29, 0.717) is 34.2 Å². The van der Waals surface area contributed by atoms with Crippen LogP contribution in [0.3, 0.4) is 0 Å². The van der Waals surface area contributed by atoms with Gasteiger partial charge in [-0.15, -0.1) is 0 Å². The number of ether oxygens (including phenoxy) is 8. The van der Waals surface area contributed by atoms with E-state index in [-0.39, 0.29) is 66.9 Å². The Balaban J connectivity index is 1.86. The van der Waals surface area contributed by atoms with Crippen LogP contribution in [0.4, 0.5) is 4.39 Å². The van der Waals surface area contributed by atoms with E-state index in [1.54, 1.807) is 12.1 Å². The first kappa shape index (κ1) is 61.4. The molecule has 4 rings (SSSR count). The van der Waals surface area contributed by atoms with Crippen LogP contribution in [0.5, 0.6) is 5.75 Å². The van der Waals surface area contributed by atoms with Crippen LogP contribution in [0.2, 0.25) is 0 Å². The fourth-order valence-electron chi connectivity index (χ4n) is 8.82. The Morgan fingerprint density at radius 1 is 0.566 bits per heavy atom. The van der Waals surface area contributed by atoms with E-state index in [9.17, 15) is 33.6 Å². The lowest BCUT2D eigenvalue weighted by Crippen LogP contribution is -2.45. The molecule has 0 amide bonds. The van der Waals surface area contributed by atoms with Gasteiger partial charge in [0.25, 0.3) is 0 Å². The van der Waals surface area contributed by atoms with Crippen molar-refractivity contribution in [2.45, 2.75) is 118 Å². The molecule has 0 atom stereocenters. The van der Waals surface area contributed by atoms with E-state index in [0.717, 1.165) is 38.5 Å². The number of unbranched alkanes of at least 4 members (excludes halogenated alkanes) is 2. The summed E-state index contributed by atoms with van der Waals surface area (Å²) in [7, 11) is 1.92. The number of rotatable bonds is 28. The number of carbonyl (C=O) groups is 7. The molecular weight excluding hydrogens is 980 g/mol. The minimum Gasteiger partial charge on any atom is -0.492 e. The van der Waals surface area contributed by atoms with Gasteiger partial charge in [-0.1, -0.05) is 95.7 Å². The maximum atomic E-state index is 17.0. The van der Waals surface area contributed by atoms with Gasteiger partial charge < -0.3 is 37.9 Å². The zero-order valence-electron chi connectivity index (χ0n) is 45.3. The highest BCUT2D eigenvalue weighted by atomic mass is 19.1. The van der Waals surface area contributed by atoms with Gasteiger partial charge in [0.1, 0.15) is 43.4 Å². The van der Waals surface area contributed by atoms with Crippen molar-refractivity contribution in [1.29, 1.82) is 0 Å². The third kappa shape index (κ3) is 18.0. The zero-order valence-corrected chi connectivity index (χ0v) is 45.3. The van der Waals surface area contributed by atoms with E-state index in [1.165, 1.54) is 76.8 Å². The van der Waals surface area contributed by atoms with Gasteiger partial charge in [-0.05, 0) is 136 Å². The van der Waals surface area contributed by atoms with Crippen LogP contribution in [0.15, 0.2) is 85.0 Å². The summed E-state index contributed by atoms with van der Waals surface area (Å²) in [6.45, 7) is 16.5. The monoisotopic (exact) mass is 1050 g/mol. The molecule has 0 N–H and O–H groups in total. The first-order chi connectivity index (χ1) is 36.3. The van der Waals surface area contributed by atoms with Gasteiger partial charge >= 0.3 is 41.8 Å². The molecule has 0 heterocycles. The van der Waals surface area contributed by atoms with Crippen molar-refractivity contribution in [1.82, 2.24) is 0 Å². The van der Waals surface area contributed by atoms with E-state index >= 15 is 4.39 Å². The van der Waals surface area contributed by atoms with Crippen molar-refractivity contribution in [2.75, 3.05) is 53.9 Å². The number of benzene rings is 3. The molecule has 1 fully saturated rings. The number of hydrogen-bond acceptors (Lipinski definition) is 15. The predicted octanol–water partition coefficient (Wildman–Crippen LogP) is 10.4.